The molecular weight excluding hydrogens is 130 g/mol. The molecule has 0 atom stereocenters. The van der Waals surface area contributed by atoms with Crippen LogP contribution in [0, 0.1) is 0 Å². The highest BCUT2D eigenvalue weighted by atomic mass is 32.1. The van der Waals surface area contributed by atoms with Gasteiger partial charge in [0, 0.05) is 4.88 Å². The van der Waals surface area contributed by atoms with E-state index in [9.17, 15) is 0 Å². The molecule has 0 aromatic carbocycles. The zero-order valence-electron chi connectivity index (χ0n) is 5.92. The molecule has 0 aliphatic heterocycles. The minimum Gasteiger partial charge on any atom is -0.344 e. The fourth-order valence-corrected chi connectivity index (χ4v) is 1.36. The van der Waals surface area contributed by atoms with E-state index in [1.807, 2.05) is 11.3 Å². The topological polar surface area (TPSA) is 35.0 Å². The van der Waals surface area contributed by atoms with Gasteiger partial charge >= 0.3 is 0 Å². The van der Waals surface area contributed by atoms with Crippen LogP contribution in [-0.2, 0) is 0 Å². The van der Waals surface area contributed by atoms with Gasteiger partial charge in [-0.15, -0.1) is 11.3 Å². The van der Waals surface area contributed by atoms with Gasteiger partial charge in [-0.3, -0.25) is 0 Å². The number of hydrogen-bond acceptors (Lipinski definition) is 2. The minimum atomic E-state index is 0. The second-order valence-corrected chi connectivity index (χ2v) is 3.15. The van der Waals surface area contributed by atoms with Crippen molar-refractivity contribution in [1.82, 2.24) is 6.15 Å². The lowest BCUT2D eigenvalue weighted by Gasteiger charge is -1.95. The van der Waals surface area contributed by atoms with Crippen molar-refractivity contribution in [2.75, 3.05) is 0 Å². The van der Waals surface area contributed by atoms with Gasteiger partial charge in [0.1, 0.15) is 0 Å². The Labute approximate surface area is 60.3 Å². The van der Waals surface area contributed by atoms with E-state index in [4.69, 9.17) is 0 Å². The van der Waals surface area contributed by atoms with Crippen molar-refractivity contribution in [2.24, 2.45) is 0 Å². The van der Waals surface area contributed by atoms with Crippen LogP contribution in [0.4, 0.5) is 0 Å². The normalized spacial score (nSPS) is 9.22. The van der Waals surface area contributed by atoms with Gasteiger partial charge in [0.05, 0.1) is 0 Å². The lowest BCUT2D eigenvalue weighted by molar-refractivity contribution is 0.890. The summed E-state index contributed by atoms with van der Waals surface area (Å²) in [5.74, 6) is 0.704. The van der Waals surface area contributed by atoms with E-state index in [1.165, 1.54) is 4.88 Å². The molecule has 1 aromatic rings. The lowest BCUT2D eigenvalue weighted by atomic mass is 10.2. The number of hydrogen-bond donors (Lipinski definition) is 1. The van der Waals surface area contributed by atoms with Crippen molar-refractivity contribution in [3.8, 4) is 0 Å². The SMILES string of the molecule is CC(C)c1cccs1.N. The molecule has 0 saturated heterocycles. The van der Waals surface area contributed by atoms with E-state index in [0.29, 0.717) is 5.92 Å². The quantitative estimate of drug-likeness (QED) is 0.644. The highest BCUT2D eigenvalue weighted by Gasteiger charge is 1.95. The van der Waals surface area contributed by atoms with Crippen molar-refractivity contribution in [2.45, 2.75) is 19.8 Å². The molecule has 0 fully saturated rings. The second-order valence-electron chi connectivity index (χ2n) is 2.17. The maximum absolute atomic E-state index is 2.21. The first kappa shape index (κ1) is 8.66. The first-order valence-electron chi connectivity index (χ1n) is 2.84. The highest BCUT2D eigenvalue weighted by molar-refractivity contribution is 7.10. The third-order valence-electron chi connectivity index (χ3n) is 1.11. The zero-order chi connectivity index (χ0) is 5.98. The van der Waals surface area contributed by atoms with E-state index < -0.39 is 0 Å². The van der Waals surface area contributed by atoms with Crippen LogP contribution in [0.1, 0.15) is 24.6 Å². The summed E-state index contributed by atoms with van der Waals surface area (Å²) in [6, 6.07) is 4.27. The highest BCUT2D eigenvalue weighted by Crippen LogP contribution is 2.18. The Kier molecular flexibility index (Phi) is 3.50. The summed E-state index contributed by atoms with van der Waals surface area (Å²) in [5, 5.41) is 2.12. The van der Waals surface area contributed by atoms with Crippen molar-refractivity contribution in [3.63, 3.8) is 0 Å². The van der Waals surface area contributed by atoms with Crippen molar-refractivity contribution in [3.05, 3.63) is 22.4 Å². The summed E-state index contributed by atoms with van der Waals surface area (Å²) >= 11 is 1.83. The Bertz CT molecular complexity index is 144. The van der Waals surface area contributed by atoms with Crippen LogP contribution >= 0.6 is 11.3 Å². The largest absolute Gasteiger partial charge is 0.344 e. The fraction of sp³-hybridized carbons (Fsp3) is 0.429. The van der Waals surface area contributed by atoms with Gasteiger partial charge in [0.2, 0.25) is 0 Å². The van der Waals surface area contributed by atoms with Gasteiger partial charge in [-0.05, 0) is 17.4 Å². The van der Waals surface area contributed by atoms with E-state index in [-0.39, 0.29) is 6.15 Å². The summed E-state index contributed by atoms with van der Waals surface area (Å²) in [5.41, 5.74) is 0. The van der Waals surface area contributed by atoms with Crippen molar-refractivity contribution in [1.29, 1.82) is 0 Å². The first-order chi connectivity index (χ1) is 3.80. The van der Waals surface area contributed by atoms with Crippen molar-refractivity contribution < 1.29 is 0 Å². The molecule has 0 unspecified atom stereocenters. The van der Waals surface area contributed by atoms with E-state index in [1.54, 1.807) is 0 Å². The average molecular weight is 143 g/mol. The Morgan fingerprint density at radius 2 is 2.11 bits per heavy atom. The van der Waals surface area contributed by atoms with Crippen LogP contribution in [0.15, 0.2) is 17.5 Å². The van der Waals surface area contributed by atoms with Crippen LogP contribution in [0.5, 0.6) is 0 Å². The fourth-order valence-electron chi connectivity index (χ4n) is 0.620. The summed E-state index contributed by atoms with van der Waals surface area (Å²) in [6.07, 6.45) is 0. The van der Waals surface area contributed by atoms with Crippen LogP contribution in [-0.4, -0.2) is 0 Å². The molecule has 3 N–H and O–H groups in total. The Balaban J connectivity index is 0.000000640. The van der Waals surface area contributed by atoms with Crippen LogP contribution in [0.25, 0.3) is 0 Å². The zero-order valence-corrected chi connectivity index (χ0v) is 6.74. The monoisotopic (exact) mass is 143 g/mol. The Hall–Kier alpha value is -0.340. The molecule has 1 nitrogen and oxygen atoms in total. The molecule has 0 radical (unpaired) electrons. The average Bonchev–Trinajstić information content (AvgIpc) is 2.12. The maximum Gasteiger partial charge on any atom is 0.00706 e. The standard InChI is InChI=1S/C7H10S.H3N/c1-6(2)7-4-3-5-8-7;/h3-6H,1-2H3;1H3. The maximum atomic E-state index is 2.21. The molecular formula is C7H13NS. The molecule has 0 aliphatic rings. The van der Waals surface area contributed by atoms with Gasteiger partial charge in [0.15, 0.2) is 0 Å². The Morgan fingerprint density at radius 3 is 2.33 bits per heavy atom. The number of thiophene rings is 1. The van der Waals surface area contributed by atoms with Crippen molar-refractivity contribution >= 4 is 11.3 Å². The van der Waals surface area contributed by atoms with Gasteiger partial charge in [-0.1, -0.05) is 19.9 Å². The van der Waals surface area contributed by atoms with E-state index >= 15 is 0 Å². The van der Waals surface area contributed by atoms with Crippen LogP contribution in [0.2, 0.25) is 0 Å². The second kappa shape index (κ2) is 3.64. The molecule has 9 heavy (non-hydrogen) atoms. The Morgan fingerprint density at radius 1 is 1.44 bits per heavy atom. The van der Waals surface area contributed by atoms with Gasteiger partial charge in [0.25, 0.3) is 0 Å². The molecule has 0 saturated carbocycles. The molecule has 0 spiro atoms. The lowest BCUT2D eigenvalue weighted by Crippen LogP contribution is -1.77. The number of rotatable bonds is 1. The minimum absolute atomic E-state index is 0. The molecule has 1 rings (SSSR count). The molecule has 2 heteroatoms. The van der Waals surface area contributed by atoms with Crippen LogP contribution < -0.4 is 6.15 Å². The van der Waals surface area contributed by atoms with E-state index in [0.717, 1.165) is 0 Å². The molecule has 52 valence electrons. The smallest absolute Gasteiger partial charge is 0.00706 e. The summed E-state index contributed by atoms with van der Waals surface area (Å²) in [6.45, 7) is 4.43. The predicted octanol–water partition coefficient (Wildman–Crippen LogP) is 3.03. The molecule has 0 aliphatic carbocycles. The summed E-state index contributed by atoms with van der Waals surface area (Å²) < 4.78 is 0. The molecule has 1 heterocycles. The summed E-state index contributed by atoms with van der Waals surface area (Å²) in [4.78, 5) is 1.48. The molecule has 0 bridgehead atoms. The van der Waals surface area contributed by atoms with Crippen LogP contribution in [0.3, 0.4) is 0 Å². The van der Waals surface area contributed by atoms with Gasteiger partial charge in [-0.2, -0.15) is 0 Å². The molecule has 1 aromatic heterocycles. The third-order valence-corrected chi connectivity index (χ3v) is 2.29. The third kappa shape index (κ3) is 2.16. The van der Waals surface area contributed by atoms with E-state index in [2.05, 4.69) is 31.4 Å². The molecule has 0 amide bonds. The first-order valence-corrected chi connectivity index (χ1v) is 3.72. The van der Waals surface area contributed by atoms with Gasteiger partial charge < -0.3 is 6.15 Å². The summed E-state index contributed by atoms with van der Waals surface area (Å²) in [7, 11) is 0. The predicted molar refractivity (Wildman–Crippen MR) is 43.4 cm³/mol. The van der Waals surface area contributed by atoms with Gasteiger partial charge in [-0.25, -0.2) is 0 Å².